The second-order valence-electron chi connectivity index (χ2n) is 2.93. The average molecular weight is 183 g/mol. The highest BCUT2D eigenvalue weighted by molar-refractivity contribution is 5.36. The molecule has 2 nitrogen and oxygen atoms in total. The minimum absolute atomic E-state index is 0.234. The highest BCUT2D eigenvalue weighted by atomic mass is 19.1. The third-order valence-electron chi connectivity index (χ3n) is 2.07. The molecular formula is C10H14FNO. The minimum atomic E-state index is -0.234. The first-order valence-electron chi connectivity index (χ1n) is 4.22. The molecule has 0 heterocycles. The topological polar surface area (TPSA) is 35.2 Å². The van der Waals surface area contributed by atoms with Crippen LogP contribution in [-0.4, -0.2) is 13.7 Å². The third-order valence-corrected chi connectivity index (χ3v) is 2.07. The van der Waals surface area contributed by atoms with Gasteiger partial charge in [0.2, 0.25) is 0 Å². The summed E-state index contributed by atoms with van der Waals surface area (Å²) in [5.41, 5.74) is 6.98. The van der Waals surface area contributed by atoms with Gasteiger partial charge in [0.15, 0.2) is 0 Å². The quantitative estimate of drug-likeness (QED) is 0.773. The van der Waals surface area contributed by atoms with Crippen LogP contribution in [0.5, 0.6) is 5.75 Å². The summed E-state index contributed by atoms with van der Waals surface area (Å²) in [5, 5.41) is 0. The molecule has 0 bridgehead atoms. The number of methoxy groups -OCH3 is 1. The Kier molecular flexibility index (Phi) is 3.25. The summed E-state index contributed by atoms with van der Waals surface area (Å²) < 4.78 is 18.2. The first kappa shape index (κ1) is 9.99. The predicted octanol–water partition coefficient (Wildman–Crippen LogP) is 1.64. The van der Waals surface area contributed by atoms with Crippen molar-refractivity contribution in [3.05, 3.63) is 29.1 Å². The second-order valence-corrected chi connectivity index (χ2v) is 2.93. The highest BCUT2D eigenvalue weighted by Gasteiger charge is 2.06. The fraction of sp³-hybridized carbons (Fsp3) is 0.400. The van der Waals surface area contributed by atoms with Gasteiger partial charge in [-0.05, 0) is 37.1 Å². The lowest BCUT2D eigenvalue weighted by molar-refractivity contribution is 0.410. The zero-order valence-electron chi connectivity index (χ0n) is 7.93. The maximum Gasteiger partial charge on any atom is 0.130 e. The van der Waals surface area contributed by atoms with Crippen LogP contribution in [0.1, 0.15) is 11.1 Å². The summed E-state index contributed by atoms with van der Waals surface area (Å²) in [4.78, 5) is 0. The monoisotopic (exact) mass is 183 g/mol. The summed E-state index contributed by atoms with van der Waals surface area (Å²) >= 11 is 0. The van der Waals surface area contributed by atoms with Gasteiger partial charge in [0, 0.05) is 6.07 Å². The SMILES string of the molecule is COc1cc(F)c(C)c(CCN)c1. The van der Waals surface area contributed by atoms with E-state index in [1.165, 1.54) is 13.2 Å². The van der Waals surface area contributed by atoms with E-state index >= 15 is 0 Å². The summed E-state index contributed by atoms with van der Waals surface area (Å²) in [5.74, 6) is 0.314. The van der Waals surface area contributed by atoms with Gasteiger partial charge in [0.05, 0.1) is 7.11 Å². The van der Waals surface area contributed by atoms with Gasteiger partial charge in [0.25, 0.3) is 0 Å². The van der Waals surface area contributed by atoms with Crippen molar-refractivity contribution in [3.8, 4) is 5.75 Å². The Hall–Kier alpha value is -1.09. The summed E-state index contributed by atoms with van der Waals surface area (Å²) in [6.07, 6.45) is 0.681. The molecule has 0 fully saturated rings. The summed E-state index contributed by atoms with van der Waals surface area (Å²) in [7, 11) is 1.52. The van der Waals surface area contributed by atoms with Crippen LogP contribution in [0.3, 0.4) is 0 Å². The molecule has 0 aliphatic heterocycles. The number of nitrogens with two attached hydrogens (primary N) is 1. The third kappa shape index (κ3) is 2.18. The van der Waals surface area contributed by atoms with Gasteiger partial charge in [-0.2, -0.15) is 0 Å². The molecule has 0 unspecified atom stereocenters. The Morgan fingerprint density at radius 1 is 1.46 bits per heavy atom. The number of halogens is 1. The Morgan fingerprint density at radius 2 is 2.15 bits per heavy atom. The smallest absolute Gasteiger partial charge is 0.130 e. The normalized spacial score (nSPS) is 10.2. The fourth-order valence-corrected chi connectivity index (χ4v) is 1.24. The lowest BCUT2D eigenvalue weighted by atomic mass is 10.0. The first-order chi connectivity index (χ1) is 6.19. The van der Waals surface area contributed by atoms with Crippen LogP contribution in [0.15, 0.2) is 12.1 Å². The van der Waals surface area contributed by atoms with Crippen LogP contribution in [0, 0.1) is 12.7 Å². The molecule has 0 aliphatic rings. The van der Waals surface area contributed by atoms with Crippen molar-refractivity contribution in [3.63, 3.8) is 0 Å². The van der Waals surface area contributed by atoms with E-state index in [0.717, 1.165) is 5.56 Å². The van der Waals surface area contributed by atoms with Crippen LogP contribution in [-0.2, 0) is 6.42 Å². The molecular weight excluding hydrogens is 169 g/mol. The molecule has 13 heavy (non-hydrogen) atoms. The van der Waals surface area contributed by atoms with Crippen LogP contribution in [0.25, 0.3) is 0 Å². The Balaban J connectivity index is 3.09. The van der Waals surface area contributed by atoms with Gasteiger partial charge < -0.3 is 10.5 Å². The van der Waals surface area contributed by atoms with E-state index in [2.05, 4.69) is 0 Å². The van der Waals surface area contributed by atoms with Gasteiger partial charge in [-0.1, -0.05) is 0 Å². The van der Waals surface area contributed by atoms with Crippen LogP contribution in [0.4, 0.5) is 4.39 Å². The molecule has 1 rings (SSSR count). The molecule has 2 N–H and O–H groups in total. The van der Waals surface area contributed by atoms with E-state index in [0.29, 0.717) is 24.3 Å². The highest BCUT2D eigenvalue weighted by Crippen LogP contribution is 2.20. The zero-order chi connectivity index (χ0) is 9.84. The van der Waals surface area contributed by atoms with Crippen molar-refractivity contribution >= 4 is 0 Å². The molecule has 0 aliphatic carbocycles. The molecule has 0 atom stereocenters. The van der Waals surface area contributed by atoms with Crippen molar-refractivity contribution < 1.29 is 9.13 Å². The maximum absolute atomic E-state index is 13.2. The predicted molar refractivity (Wildman–Crippen MR) is 50.4 cm³/mol. The van der Waals surface area contributed by atoms with Crippen molar-refractivity contribution in [2.45, 2.75) is 13.3 Å². The van der Waals surface area contributed by atoms with Crippen molar-refractivity contribution in [1.82, 2.24) is 0 Å². The number of ether oxygens (including phenoxy) is 1. The van der Waals surface area contributed by atoms with E-state index in [-0.39, 0.29) is 5.82 Å². The fourth-order valence-electron chi connectivity index (χ4n) is 1.24. The van der Waals surface area contributed by atoms with Crippen molar-refractivity contribution in [2.24, 2.45) is 5.73 Å². The Morgan fingerprint density at radius 3 is 2.69 bits per heavy atom. The van der Waals surface area contributed by atoms with Gasteiger partial charge >= 0.3 is 0 Å². The number of hydrogen-bond donors (Lipinski definition) is 1. The summed E-state index contributed by atoms with van der Waals surface area (Å²) in [6.45, 7) is 2.27. The van der Waals surface area contributed by atoms with Crippen molar-refractivity contribution in [1.29, 1.82) is 0 Å². The molecule has 0 aromatic heterocycles. The van der Waals surface area contributed by atoms with Gasteiger partial charge in [-0.15, -0.1) is 0 Å². The van der Waals surface area contributed by atoms with Gasteiger partial charge in [-0.3, -0.25) is 0 Å². The molecule has 3 heteroatoms. The van der Waals surface area contributed by atoms with E-state index in [1.54, 1.807) is 6.92 Å². The van der Waals surface area contributed by atoms with Crippen LogP contribution >= 0.6 is 0 Å². The van der Waals surface area contributed by atoms with E-state index < -0.39 is 0 Å². The number of benzene rings is 1. The van der Waals surface area contributed by atoms with Gasteiger partial charge in [0.1, 0.15) is 11.6 Å². The Bertz CT molecular complexity index is 299. The number of hydrogen-bond acceptors (Lipinski definition) is 2. The molecule has 0 spiro atoms. The van der Waals surface area contributed by atoms with Crippen LogP contribution < -0.4 is 10.5 Å². The molecule has 1 aromatic rings. The molecule has 1 aromatic carbocycles. The first-order valence-corrected chi connectivity index (χ1v) is 4.22. The number of rotatable bonds is 3. The largest absolute Gasteiger partial charge is 0.497 e. The second kappa shape index (κ2) is 4.23. The lowest BCUT2D eigenvalue weighted by Gasteiger charge is -2.08. The maximum atomic E-state index is 13.2. The molecule has 0 saturated carbocycles. The molecule has 72 valence electrons. The van der Waals surface area contributed by atoms with Crippen molar-refractivity contribution in [2.75, 3.05) is 13.7 Å². The summed E-state index contributed by atoms with van der Waals surface area (Å²) in [6, 6.07) is 3.21. The minimum Gasteiger partial charge on any atom is -0.497 e. The standard InChI is InChI=1S/C10H14FNO/c1-7-8(3-4-12)5-9(13-2)6-10(7)11/h5-6H,3-4,12H2,1-2H3. The molecule has 0 radical (unpaired) electrons. The molecule has 0 saturated heterocycles. The Labute approximate surface area is 77.5 Å². The van der Waals surface area contributed by atoms with E-state index in [1.807, 2.05) is 6.07 Å². The van der Waals surface area contributed by atoms with Crippen LogP contribution in [0.2, 0.25) is 0 Å². The zero-order valence-corrected chi connectivity index (χ0v) is 7.93. The lowest BCUT2D eigenvalue weighted by Crippen LogP contribution is -2.05. The van der Waals surface area contributed by atoms with E-state index in [4.69, 9.17) is 10.5 Å². The molecule has 0 amide bonds. The van der Waals surface area contributed by atoms with E-state index in [9.17, 15) is 4.39 Å². The van der Waals surface area contributed by atoms with Gasteiger partial charge in [-0.25, -0.2) is 4.39 Å². The average Bonchev–Trinajstić information content (AvgIpc) is 2.13.